The average Bonchev–Trinajstić information content (AvgIpc) is 2.59. The van der Waals surface area contributed by atoms with Gasteiger partial charge in [0.2, 0.25) is 0 Å². The summed E-state index contributed by atoms with van der Waals surface area (Å²) in [6.07, 6.45) is 4.73. The van der Waals surface area contributed by atoms with Crippen LogP contribution in [0.25, 0.3) is 0 Å². The molecular formula is C19H31N3O. The minimum atomic E-state index is 0.554. The van der Waals surface area contributed by atoms with Gasteiger partial charge in [0, 0.05) is 38.8 Å². The molecule has 2 N–H and O–H groups in total. The Morgan fingerprint density at radius 3 is 2.96 bits per heavy atom. The second-order valence-electron chi connectivity index (χ2n) is 5.98. The zero-order chi connectivity index (χ0) is 16.3. The van der Waals surface area contributed by atoms with E-state index in [1.807, 2.05) is 6.92 Å². The first kappa shape index (κ1) is 17.8. The predicted octanol–water partition coefficient (Wildman–Crippen LogP) is 3.09. The van der Waals surface area contributed by atoms with Gasteiger partial charge in [0.1, 0.15) is 0 Å². The van der Waals surface area contributed by atoms with Crippen LogP contribution in [0, 0.1) is 0 Å². The van der Waals surface area contributed by atoms with E-state index in [4.69, 9.17) is 9.73 Å². The van der Waals surface area contributed by atoms with E-state index < -0.39 is 0 Å². The largest absolute Gasteiger partial charge is 0.382 e. The topological polar surface area (TPSA) is 45.7 Å². The van der Waals surface area contributed by atoms with Crippen LogP contribution in [0.1, 0.15) is 50.2 Å². The van der Waals surface area contributed by atoms with Crippen LogP contribution in [0.5, 0.6) is 0 Å². The van der Waals surface area contributed by atoms with Gasteiger partial charge in [0.25, 0.3) is 0 Å². The van der Waals surface area contributed by atoms with Crippen molar-refractivity contribution in [3.63, 3.8) is 0 Å². The number of aryl methyl sites for hydroxylation is 1. The fourth-order valence-electron chi connectivity index (χ4n) is 3.11. The number of hydrogen-bond acceptors (Lipinski definition) is 2. The van der Waals surface area contributed by atoms with Crippen LogP contribution in [-0.4, -0.2) is 38.8 Å². The van der Waals surface area contributed by atoms with Crippen molar-refractivity contribution < 1.29 is 4.74 Å². The fraction of sp³-hybridized carbons (Fsp3) is 0.632. The minimum Gasteiger partial charge on any atom is -0.382 e. The molecule has 0 heterocycles. The van der Waals surface area contributed by atoms with E-state index in [0.29, 0.717) is 5.92 Å². The van der Waals surface area contributed by atoms with Crippen molar-refractivity contribution in [2.75, 3.05) is 32.8 Å². The first-order valence-corrected chi connectivity index (χ1v) is 9.02. The number of aliphatic imine (C=N–C) groups is 1. The van der Waals surface area contributed by atoms with E-state index in [1.54, 1.807) is 0 Å². The summed E-state index contributed by atoms with van der Waals surface area (Å²) < 4.78 is 5.37. The predicted molar refractivity (Wildman–Crippen MR) is 97.2 cm³/mol. The standard InChI is InChI=1S/C19H31N3O/c1-3-20-19(21-13-8-14-23-4-2)22-15-17-11-7-10-16-9-5-6-12-18(16)17/h5-6,9,12,17H,3-4,7-8,10-11,13-15H2,1-2H3,(H2,20,21,22). The summed E-state index contributed by atoms with van der Waals surface area (Å²) in [5.74, 6) is 1.48. The van der Waals surface area contributed by atoms with Gasteiger partial charge in [0.15, 0.2) is 5.96 Å². The molecule has 1 aromatic rings. The number of guanidine groups is 1. The molecule has 0 saturated carbocycles. The van der Waals surface area contributed by atoms with Crippen LogP contribution in [0.4, 0.5) is 0 Å². The molecular weight excluding hydrogens is 286 g/mol. The summed E-state index contributed by atoms with van der Waals surface area (Å²) >= 11 is 0. The van der Waals surface area contributed by atoms with Gasteiger partial charge in [-0.3, -0.25) is 4.99 Å². The third kappa shape index (κ3) is 5.87. The van der Waals surface area contributed by atoms with Gasteiger partial charge >= 0.3 is 0 Å². The van der Waals surface area contributed by atoms with Gasteiger partial charge in [-0.1, -0.05) is 24.3 Å². The minimum absolute atomic E-state index is 0.554. The Hall–Kier alpha value is -1.55. The highest BCUT2D eigenvalue weighted by molar-refractivity contribution is 5.79. The number of hydrogen-bond donors (Lipinski definition) is 2. The van der Waals surface area contributed by atoms with Gasteiger partial charge < -0.3 is 15.4 Å². The maximum atomic E-state index is 5.37. The molecule has 4 heteroatoms. The van der Waals surface area contributed by atoms with Crippen molar-refractivity contribution in [3.8, 4) is 0 Å². The Bertz CT molecular complexity index is 487. The van der Waals surface area contributed by atoms with E-state index in [-0.39, 0.29) is 0 Å². The van der Waals surface area contributed by atoms with Gasteiger partial charge in [0.05, 0.1) is 0 Å². The van der Waals surface area contributed by atoms with Crippen molar-refractivity contribution in [3.05, 3.63) is 35.4 Å². The molecule has 4 nitrogen and oxygen atoms in total. The molecule has 0 aliphatic heterocycles. The van der Waals surface area contributed by atoms with Crippen molar-refractivity contribution >= 4 is 5.96 Å². The second-order valence-corrected chi connectivity index (χ2v) is 5.98. The molecule has 0 amide bonds. The third-order valence-corrected chi connectivity index (χ3v) is 4.27. The molecule has 1 atom stereocenters. The summed E-state index contributed by atoms with van der Waals surface area (Å²) in [5, 5.41) is 6.74. The number of nitrogens with one attached hydrogen (secondary N) is 2. The number of ether oxygens (including phenoxy) is 1. The summed E-state index contributed by atoms with van der Waals surface area (Å²) in [6.45, 7) is 8.37. The van der Waals surface area contributed by atoms with E-state index in [9.17, 15) is 0 Å². The Kier molecular flexibility index (Phi) is 7.95. The molecule has 0 aromatic heterocycles. The van der Waals surface area contributed by atoms with Crippen LogP contribution >= 0.6 is 0 Å². The molecule has 2 rings (SSSR count). The molecule has 1 aromatic carbocycles. The van der Waals surface area contributed by atoms with Crippen molar-refractivity contribution in [2.24, 2.45) is 4.99 Å². The van der Waals surface area contributed by atoms with Crippen LogP contribution in [0.2, 0.25) is 0 Å². The highest BCUT2D eigenvalue weighted by Crippen LogP contribution is 2.31. The summed E-state index contributed by atoms with van der Waals surface area (Å²) in [6, 6.07) is 8.84. The quantitative estimate of drug-likeness (QED) is 0.440. The lowest BCUT2D eigenvalue weighted by Crippen LogP contribution is -2.38. The SMILES string of the molecule is CCNC(=NCC1CCCc2ccccc21)NCCCOCC. The van der Waals surface area contributed by atoms with Crippen LogP contribution in [-0.2, 0) is 11.2 Å². The number of fused-ring (bicyclic) bond motifs is 1. The summed E-state index contributed by atoms with van der Waals surface area (Å²) in [5.41, 5.74) is 3.00. The van der Waals surface area contributed by atoms with E-state index >= 15 is 0 Å². The summed E-state index contributed by atoms with van der Waals surface area (Å²) in [4.78, 5) is 4.81. The Balaban J connectivity index is 1.87. The Labute approximate surface area is 140 Å². The second kappa shape index (κ2) is 10.3. The third-order valence-electron chi connectivity index (χ3n) is 4.27. The molecule has 0 radical (unpaired) electrons. The summed E-state index contributed by atoms with van der Waals surface area (Å²) in [7, 11) is 0. The van der Waals surface area contributed by atoms with Gasteiger partial charge in [-0.25, -0.2) is 0 Å². The molecule has 0 saturated heterocycles. The molecule has 1 aliphatic carbocycles. The molecule has 23 heavy (non-hydrogen) atoms. The zero-order valence-electron chi connectivity index (χ0n) is 14.6. The molecule has 0 bridgehead atoms. The normalized spacial score (nSPS) is 17.7. The lowest BCUT2D eigenvalue weighted by molar-refractivity contribution is 0.145. The number of rotatable bonds is 8. The fourth-order valence-corrected chi connectivity index (χ4v) is 3.11. The van der Waals surface area contributed by atoms with Crippen LogP contribution in [0.3, 0.4) is 0 Å². The Morgan fingerprint density at radius 2 is 2.13 bits per heavy atom. The highest BCUT2D eigenvalue weighted by Gasteiger charge is 2.19. The highest BCUT2D eigenvalue weighted by atomic mass is 16.5. The number of nitrogens with zero attached hydrogens (tertiary/aromatic N) is 1. The number of benzene rings is 1. The molecule has 0 fully saturated rings. The first-order valence-electron chi connectivity index (χ1n) is 9.02. The average molecular weight is 317 g/mol. The van der Waals surface area contributed by atoms with Crippen LogP contribution < -0.4 is 10.6 Å². The zero-order valence-corrected chi connectivity index (χ0v) is 14.6. The van der Waals surface area contributed by atoms with Crippen LogP contribution in [0.15, 0.2) is 29.3 Å². The lowest BCUT2D eigenvalue weighted by Gasteiger charge is -2.24. The van der Waals surface area contributed by atoms with Crippen molar-refractivity contribution in [1.82, 2.24) is 10.6 Å². The van der Waals surface area contributed by atoms with E-state index in [1.165, 1.54) is 30.4 Å². The molecule has 0 spiro atoms. The van der Waals surface area contributed by atoms with Crippen molar-refractivity contribution in [2.45, 2.75) is 45.4 Å². The maximum Gasteiger partial charge on any atom is 0.191 e. The molecule has 128 valence electrons. The van der Waals surface area contributed by atoms with Gasteiger partial charge in [-0.2, -0.15) is 0 Å². The van der Waals surface area contributed by atoms with Crippen molar-refractivity contribution in [1.29, 1.82) is 0 Å². The smallest absolute Gasteiger partial charge is 0.191 e. The lowest BCUT2D eigenvalue weighted by atomic mass is 9.83. The van der Waals surface area contributed by atoms with E-state index in [2.05, 4.69) is 41.8 Å². The van der Waals surface area contributed by atoms with Gasteiger partial charge in [-0.05, 0) is 50.7 Å². The maximum absolute atomic E-state index is 5.37. The van der Waals surface area contributed by atoms with E-state index in [0.717, 1.165) is 45.2 Å². The monoisotopic (exact) mass is 317 g/mol. The Morgan fingerprint density at radius 1 is 1.26 bits per heavy atom. The molecule has 1 unspecified atom stereocenters. The van der Waals surface area contributed by atoms with Gasteiger partial charge in [-0.15, -0.1) is 0 Å². The molecule has 1 aliphatic rings. The first-order chi connectivity index (χ1) is 11.3.